The van der Waals surface area contributed by atoms with Gasteiger partial charge in [0.05, 0.1) is 12.9 Å². The fourth-order valence-electron chi connectivity index (χ4n) is 3.33. The number of nitrogens with zero attached hydrogens (tertiary/aromatic N) is 3. The molecule has 35 heavy (non-hydrogen) atoms. The summed E-state index contributed by atoms with van der Waals surface area (Å²) < 4.78 is 7.02. The van der Waals surface area contributed by atoms with Gasteiger partial charge in [-0.05, 0) is 47.9 Å². The molecule has 0 atom stereocenters. The Morgan fingerprint density at radius 2 is 1.83 bits per heavy atom. The smallest absolute Gasteiger partial charge is 0.251 e. The summed E-state index contributed by atoms with van der Waals surface area (Å²) in [7, 11) is 1.58. The molecule has 8 nitrogen and oxygen atoms in total. The van der Waals surface area contributed by atoms with Crippen LogP contribution in [-0.4, -0.2) is 46.0 Å². The van der Waals surface area contributed by atoms with Crippen molar-refractivity contribution in [1.29, 1.82) is 0 Å². The summed E-state index contributed by atoms with van der Waals surface area (Å²) in [6.45, 7) is 8.98. The van der Waals surface area contributed by atoms with E-state index in [4.69, 9.17) is 4.74 Å². The number of ether oxygens (including phenoxy) is 1. The number of allylic oxidation sites excluding steroid dienone is 1. The molecule has 0 aliphatic heterocycles. The van der Waals surface area contributed by atoms with Gasteiger partial charge in [0.15, 0.2) is 5.16 Å². The minimum Gasteiger partial charge on any atom is -0.497 e. The Kier molecular flexibility index (Phi) is 9.48. The number of aromatic nitrogens is 3. The second-order valence-electron chi connectivity index (χ2n) is 8.15. The first kappa shape index (κ1) is 26.0. The number of anilines is 1. The summed E-state index contributed by atoms with van der Waals surface area (Å²) in [6, 6.07) is 14.8. The number of nitrogens with one attached hydrogen (secondary N) is 2. The van der Waals surface area contributed by atoms with Crippen LogP contribution in [0.4, 0.5) is 5.69 Å². The van der Waals surface area contributed by atoms with Crippen molar-refractivity contribution >= 4 is 29.3 Å². The molecule has 0 fully saturated rings. The van der Waals surface area contributed by atoms with E-state index in [1.54, 1.807) is 37.5 Å². The normalized spacial score (nSPS) is 10.7. The lowest BCUT2D eigenvalue weighted by atomic mass is 10.0. The molecule has 1 aromatic heterocycles. The predicted molar refractivity (Wildman–Crippen MR) is 139 cm³/mol. The lowest BCUT2D eigenvalue weighted by molar-refractivity contribution is -0.113. The zero-order valence-corrected chi connectivity index (χ0v) is 21.1. The third-order valence-corrected chi connectivity index (χ3v) is 6.25. The van der Waals surface area contributed by atoms with Gasteiger partial charge in [0.25, 0.3) is 5.91 Å². The van der Waals surface area contributed by atoms with Crippen LogP contribution in [0.15, 0.2) is 66.3 Å². The molecule has 2 amide bonds. The maximum Gasteiger partial charge on any atom is 0.251 e. The van der Waals surface area contributed by atoms with Gasteiger partial charge >= 0.3 is 0 Å². The Balaban J connectivity index is 1.52. The van der Waals surface area contributed by atoms with Crippen molar-refractivity contribution in [2.24, 2.45) is 0 Å². The zero-order valence-electron chi connectivity index (χ0n) is 20.3. The maximum atomic E-state index is 12.4. The maximum absolute atomic E-state index is 12.4. The molecule has 0 saturated carbocycles. The Morgan fingerprint density at radius 1 is 1.11 bits per heavy atom. The average Bonchev–Trinajstić information content (AvgIpc) is 3.24. The van der Waals surface area contributed by atoms with Crippen molar-refractivity contribution in [1.82, 2.24) is 20.1 Å². The quantitative estimate of drug-likeness (QED) is 0.288. The summed E-state index contributed by atoms with van der Waals surface area (Å²) in [5, 5.41) is 14.9. The lowest BCUT2D eigenvalue weighted by Crippen LogP contribution is -2.26. The van der Waals surface area contributed by atoms with E-state index in [9.17, 15) is 9.59 Å². The number of benzene rings is 2. The number of hydrogen-bond acceptors (Lipinski definition) is 6. The first-order valence-electron chi connectivity index (χ1n) is 11.4. The summed E-state index contributed by atoms with van der Waals surface area (Å²) in [4.78, 5) is 24.8. The highest BCUT2D eigenvalue weighted by Gasteiger charge is 2.14. The standard InChI is InChI=1S/C26H31N5O3S/c1-5-16-31-23(14-15-27-25(33)20-8-12-22(34-4)13-9-20)29-30-26(31)35-17-24(32)28-21-10-6-19(7-11-21)18(2)3/h5-13,18H,1,14-17H2,2-4H3,(H,27,33)(H,28,32). The minimum atomic E-state index is -0.171. The van der Waals surface area contributed by atoms with Gasteiger partial charge in [-0.1, -0.05) is 43.8 Å². The molecule has 0 spiro atoms. The van der Waals surface area contributed by atoms with E-state index < -0.39 is 0 Å². The average molecular weight is 494 g/mol. The van der Waals surface area contributed by atoms with Crippen molar-refractivity contribution in [3.63, 3.8) is 0 Å². The molecule has 0 aliphatic rings. The van der Waals surface area contributed by atoms with Gasteiger partial charge in [0.1, 0.15) is 11.6 Å². The second-order valence-corrected chi connectivity index (χ2v) is 9.09. The number of methoxy groups -OCH3 is 1. The largest absolute Gasteiger partial charge is 0.497 e. The Hall–Kier alpha value is -3.59. The van der Waals surface area contributed by atoms with E-state index in [1.165, 1.54) is 17.3 Å². The number of carbonyl (C=O) groups excluding carboxylic acids is 2. The molecule has 9 heteroatoms. The number of amides is 2. The SMILES string of the molecule is C=CCn1c(CCNC(=O)c2ccc(OC)cc2)nnc1SCC(=O)Nc1ccc(C(C)C)cc1. The highest BCUT2D eigenvalue weighted by atomic mass is 32.2. The van der Waals surface area contributed by atoms with Crippen LogP contribution in [0.3, 0.4) is 0 Å². The van der Waals surface area contributed by atoms with E-state index in [-0.39, 0.29) is 17.6 Å². The molecular formula is C26H31N5O3S. The van der Waals surface area contributed by atoms with Crippen LogP contribution in [0.25, 0.3) is 0 Å². The highest BCUT2D eigenvalue weighted by molar-refractivity contribution is 7.99. The van der Waals surface area contributed by atoms with Crippen molar-refractivity contribution in [3.8, 4) is 5.75 Å². The molecule has 1 heterocycles. The molecule has 2 aromatic carbocycles. The van der Waals surface area contributed by atoms with Crippen LogP contribution in [0.5, 0.6) is 5.75 Å². The van der Waals surface area contributed by atoms with E-state index in [0.717, 1.165) is 5.69 Å². The molecule has 0 aliphatic carbocycles. The molecule has 3 rings (SSSR count). The van der Waals surface area contributed by atoms with Crippen molar-refractivity contribution in [2.75, 3.05) is 24.7 Å². The van der Waals surface area contributed by atoms with Gasteiger partial charge in [-0.15, -0.1) is 16.8 Å². The summed E-state index contributed by atoms with van der Waals surface area (Å²) in [6.07, 6.45) is 2.25. The predicted octanol–water partition coefficient (Wildman–Crippen LogP) is 4.30. The Morgan fingerprint density at radius 3 is 2.46 bits per heavy atom. The highest BCUT2D eigenvalue weighted by Crippen LogP contribution is 2.20. The molecule has 0 saturated heterocycles. The molecule has 3 aromatic rings. The monoisotopic (exact) mass is 493 g/mol. The summed E-state index contributed by atoms with van der Waals surface area (Å²) in [5.74, 6) is 1.77. The Bertz CT molecular complexity index is 1140. The minimum absolute atomic E-state index is 0.117. The molecule has 0 bridgehead atoms. The van der Waals surface area contributed by atoms with Gasteiger partial charge in [0, 0.05) is 30.8 Å². The second kappa shape index (κ2) is 12.8. The van der Waals surface area contributed by atoms with Crippen LogP contribution in [0.1, 0.15) is 41.5 Å². The fraction of sp³-hybridized carbons (Fsp3) is 0.308. The van der Waals surface area contributed by atoms with Gasteiger partial charge < -0.3 is 19.9 Å². The third-order valence-electron chi connectivity index (χ3n) is 5.28. The summed E-state index contributed by atoms with van der Waals surface area (Å²) in [5.41, 5.74) is 2.54. The van der Waals surface area contributed by atoms with E-state index in [0.29, 0.717) is 47.7 Å². The van der Waals surface area contributed by atoms with E-state index in [1.807, 2.05) is 28.8 Å². The number of thioether (sulfide) groups is 1. The van der Waals surface area contributed by atoms with Crippen molar-refractivity contribution in [2.45, 2.75) is 37.9 Å². The van der Waals surface area contributed by atoms with Crippen LogP contribution < -0.4 is 15.4 Å². The molecule has 184 valence electrons. The van der Waals surface area contributed by atoms with Gasteiger partial charge in [-0.3, -0.25) is 9.59 Å². The molecular weight excluding hydrogens is 462 g/mol. The van der Waals surface area contributed by atoms with Gasteiger partial charge in [0.2, 0.25) is 5.91 Å². The topological polar surface area (TPSA) is 98.1 Å². The first-order valence-corrected chi connectivity index (χ1v) is 12.4. The number of rotatable bonds is 12. The van der Waals surface area contributed by atoms with Crippen molar-refractivity contribution in [3.05, 3.63) is 78.1 Å². The number of hydrogen-bond donors (Lipinski definition) is 2. The van der Waals surface area contributed by atoms with E-state index in [2.05, 4.69) is 41.3 Å². The molecule has 0 radical (unpaired) electrons. The van der Waals surface area contributed by atoms with Crippen LogP contribution >= 0.6 is 11.8 Å². The third kappa shape index (κ3) is 7.45. The van der Waals surface area contributed by atoms with E-state index >= 15 is 0 Å². The van der Waals surface area contributed by atoms with Crippen LogP contribution in [0, 0.1) is 0 Å². The zero-order chi connectivity index (χ0) is 25.2. The van der Waals surface area contributed by atoms with Crippen LogP contribution in [0.2, 0.25) is 0 Å². The number of carbonyl (C=O) groups is 2. The summed E-state index contributed by atoms with van der Waals surface area (Å²) >= 11 is 1.31. The molecule has 2 N–H and O–H groups in total. The Labute approximate surface area is 210 Å². The first-order chi connectivity index (χ1) is 16.9. The molecule has 0 unspecified atom stereocenters. The fourth-order valence-corrected chi connectivity index (χ4v) is 4.10. The lowest BCUT2D eigenvalue weighted by Gasteiger charge is -2.10. The van der Waals surface area contributed by atoms with Crippen molar-refractivity contribution < 1.29 is 14.3 Å². The van der Waals surface area contributed by atoms with Gasteiger partial charge in [-0.2, -0.15) is 0 Å². The van der Waals surface area contributed by atoms with Crippen LogP contribution in [-0.2, 0) is 17.8 Å². The van der Waals surface area contributed by atoms with Gasteiger partial charge in [-0.25, -0.2) is 0 Å².